The first kappa shape index (κ1) is 22.5. The smallest absolute Gasteiger partial charge is 0.351 e. The summed E-state index contributed by atoms with van der Waals surface area (Å²) in [6, 6.07) is 1.43. The van der Waals surface area contributed by atoms with Gasteiger partial charge < -0.3 is 25.4 Å². The SMILES string of the molecule is CCCCCCCCCC(=O)Nc1ccn([C@@H]2O[C@H](CO)[C@@H](O)[C@@H]2O)c(=O)n1. The van der Waals surface area contributed by atoms with Crippen LogP contribution in [-0.2, 0) is 9.53 Å². The Bertz CT molecular complexity index is 680. The van der Waals surface area contributed by atoms with Gasteiger partial charge in [-0.05, 0) is 12.5 Å². The van der Waals surface area contributed by atoms with E-state index in [1.807, 2.05) is 0 Å². The van der Waals surface area contributed by atoms with Gasteiger partial charge in [-0.2, -0.15) is 4.98 Å². The monoisotopic (exact) mass is 397 g/mol. The number of nitrogens with zero attached hydrogens (tertiary/aromatic N) is 2. The third kappa shape index (κ3) is 6.10. The maximum absolute atomic E-state index is 12.2. The molecule has 0 spiro atoms. The fourth-order valence-electron chi connectivity index (χ4n) is 3.23. The first-order valence-electron chi connectivity index (χ1n) is 9.99. The summed E-state index contributed by atoms with van der Waals surface area (Å²) >= 11 is 0. The normalized spacial score (nSPS) is 24.4. The predicted molar refractivity (Wildman–Crippen MR) is 103 cm³/mol. The first-order valence-corrected chi connectivity index (χ1v) is 9.99. The van der Waals surface area contributed by atoms with E-state index in [4.69, 9.17) is 9.84 Å². The number of carbonyl (C=O) groups is 1. The van der Waals surface area contributed by atoms with E-state index < -0.39 is 36.8 Å². The van der Waals surface area contributed by atoms with E-state index in [2.05, 4.69) is 17.2 Å². The molecule has 1 aliphatic rings. The average Bonchev–Trinajstić information content (AvgIpc) is 2.95. The van der Waals surface area contributed by atoms with Crippen LogP contribution in [-0.4, -0.2) is 55.7 Å². The zero-order valence-corrected chi connectivity index (χ0v) is 16.3. The van der Waals surface area contributed by atoms with E-state index in [0.717, 1.165) is 23.8 Å². The van der Waals surface area contributed by atoms with Crippen molar-refractivity contribution in [1.82, 2.24) is 9.55 Å². The van der Waals surface area contributed by atoms with Crippen molar-refractivity contribution in [2.24, 2.45) is 0 Å². The third-order valence-corrected chi connectivity index (χ3v) is 4.90. The molecule has 0 radical (unpaired) electrons. The molecule has 4 N–H and O–H groups in total. The van der Waals surface area contributed by atoms with Crippen LogP contribution in [0.25, 0.3) is 0 Å². The molecule has 1 aromatic heterocycles. The molecule has 0 bridgehead atoms. The van der Waals surface area contributed by atoms with Gasteiger partial charge in [0.2, 0.25) is 5.91 Å². The quantitative estimate of drug-likeness (QED) is 0.408. The first-order chi connectivity index (χ1) is 13.5. The van der Waals surface area contributed by atoms with E-state index in [1.54, 1.807) is 0 Å². The minimum absolute atomic E-state index is 0.126. The summed E-state index contributed by atoms with van der Waals surface area (Å²) in [5.74, 6) is -0.0768. The number of ether oxygens (including phenoxy) is 1. The highest BCUT2D eigenvalue weighted by Gasteiger charge is 2.43. The Hall–Kier alpha value is -1.81. The molecule has 9 nitrogen and oxygen atoms in total. The molecule has 0 aliphatic carbocycles. The number of carbonyl (C=O) groups excluding carboxylic acids is 1. The zero-order valence-electron chi connectivity index (χ0n) is 16.3. The molecule has 158 valence electrons. The molecular weight excluding hydrogens is 366 g/mol. The second-order valence-electron chi connectivity index (χ2n) is 7.15. The van der Waals surface area contributed by atoms with E-state index in [0.29, 0.717) is 6.42 Å². The minimum atomic E-state index is -1.37. The van der Waals surface area contributed by atoms with E-state index in [9.17, 15) is 19.8 Å². The number of aromatic nitrogens is 2. The number of hydrogen-bond acceptors (Lipinski definition) is 7. The van der Waals surface area contributed by atoms with E-state index in [-0.39, 0.29) is 11.7 Å². The summed E-state index contributed by atoms with van der Waals surface area (Å²) in [6.07, 6.45) is 4.70. The van der Waals surface area contributed by atoms with Crippen LogP contribution in [0, 0.1) is 0 Å². The summed E-state index contributed by atoms with van der Waals surface area (Å²) < 4.78 is 6.33. The Morgan fingerprint density at radius 1 is 1.18 bits per heavy atom. The summed E-state index contributed by atoms with van der Waals surface area (Å²) in [5, 5.41) is 31.5. The number of hydrogen-bond donors (Lipinski definition) is 4. The van der Waals surface area contributed by atoms with Gasteiger partial charge >= 0.3 is 5.69 Å². The highest BCUT2D eigenvalue weighted by Crippen LogP contribution is 2.28. The van der Waals surface area contributed by atoms with Gasteiger partial charge in [0, 0.05) is 12.6 Å². The lowest BCUT2D eigenvalue weighted by molar-refractivity contribution is -0.116. The maximum atomic E-state index is 12.2. The van der Waals surface area contributed by atoms with Gasteiger partial charge in [-0.15, -0.1) is 0 Å². The standard InChI is InChI=1S/C19H31N3O6/c1-2-3-4-5-6-7-8-9-15(24)20-14-10-11-22(19(27)21-14)18-17(26)16(25)13(12-23)28-18/h10-11,13,16-18,23,25-26H,2-9,12H2,1H3,(H,20,21,24,27)/t13-,16-,17+,18-/m1/s1. The Morgan fingerprint density at radius 3 is 2.46 bits per heavy atom. The van der Waals surface area contributed by atoms with Crippen molar-refractivity contribution in [3.63, 3.8) is 0 Å². The number of unbranched alkanes of at least 4 members (excludes halogenated alkanes) is 6. The maximum Gasteiger partial charge on any atom is 0.351 e. The topological polar surface area (TPSA) is 134 Å². The van der Waals surface area contributed by atoms with E-state index in [1.165, 1.54) is 37.9 Å². The van der Waals surface area contributed by atoms with Crippen LogP contribution in [0.4, 0.5) is 5.82 Å². The molecule has 1 fully saturated rings. The Balaban J connectivity index is 1.82. The highest BCUT2D eigenvalue weighted by molar-refractivity contribution is 5.89. The van der Waals surface area contributed by atoms with Crippen molar-refractivity contribution in [3.8, 4) is 0 Å². The fourth-order valence-corrected chi connectivity index (χ4v) is 3.23. The molecule has 1 saturated heterocycles. The minimum Gasteiger partial charge on any atom is -0.394 e. The van der Waals surface area contributed by atoms with Crippen LogP contribution < -0.4 is 11.0 Å². The molecule has 2 rings (SSSR count). The molecule has 1 amide bonds. The van der Waals surface area contributed by atoms with Gasteiger partial charge in [-0.1, -0.05) is 45.4 Å². The molecule has 28 heavy (non-hydrogen) atoms. The zero-order chi connectivity index (χ0) is 20.5. The van der Waals surface area contributed by atoms with Gasteiger partial charge in [0.25, 0.3) is 0 Å². The van der Waals surface area contributed by atoms with E-state index >= 15 is 0 Å². The molecule has 4 atom stereocenters. The molecule has 1 aliphatic heterocycles. The lowest BCUT2D eigenvalue weighted by Crippen LogP contribution is -2.36. The molecule has 1 aromatic rings. The number of aliphatic hydroxyl groups excluding tert-OH is 3. The van der Waals surface area contributed by atoms with Crippen LogP contribution in [0.2, 0.25) is 0 Å². The third-order valence-electron chi connectivity index (χ3n) is 4.90. The molecule has 0 aromatic carbocycles. The molecule has 0 saturated carbocycles. The van der Waals surface area contributed by atoms with Gasteiger partial charge in [-0.25, -0.2) is 4.79 Å². The predicted octanol–water partition coefficient (Wildman–Crippen LogP) is 0.934. The number of nitrogens with one attached hydrogen (secondary N) is 1. The highest BCUT2D eigenvalue weighted by atomic mass is 16.6. The second kappa shape index (κ2) is 11.3. The molecule has 0 unspecified atom stereocenters. The Labute approximate surface area is 164 Å². The van der Waals surface area contributed by atoms with Crippen molar-refractivity contribution in [2.45, 2.75) is 82.8 Å². The van der Waals surface area contributed by atoms with Crippen LogP contribution in [0.3, 0.4) is 0 Å². The van der Waals surface area contributed by atoms with Crippen molar-refractivity contribution in [2.75, 3.05) is 11.9 Å². The van der Waals surface area contributed by atoms with Gasteiger partial charge in [0.15, 0.2) is 6.23 Å². The van der Waals surface area contributed by atoms with Gasteiger partial charge in [-0.3, -0.25) is 9.36 Å². The van der Waals surface area contributed by atoms with Crippen LogP contribution >= 0.6 is 0 Å². The number of anilines is 1. The average molecular weight is 397 g/mol. The second-order valence-corrected chi connectivity index (χ2v) is 7.15. The summed E-state index contributed by atoms with van der Waals surface area (Å²) in [4.78, 5) is 28.0. The molecule has 2 heterocycles. The van der Waals surface area contributed by atoms with Gasteiger partial charge in [0.05, 0.1) is 6.61 Å². The lowest BCUT2D eigenvalue weighted by atomic mass is 10.1. The van der Waals surface area contributed by atoms with Crippen LogP contribution in [0.5, 0.6) is 0 Å². The summed E-state index contributed by atoms with van der Waals surface area (Å²) in [5.41, 5.74) is -0.733. The Kier molecular flexibility index (Phi) is 9.04. The fraction of sp³-hybridized carbons (Fsp3) is 0.737. The lowest BCUT2D eigenvalue weighted by Gasteiger charge is -2.17. The van der Waals surface area contributed by atoms with Crippen molar-refractivity contribution in [1.29, 1.82) is 0 Å². The van der Waals surface area contributed by atoms with Crippen LogP contribution in [0.15, 0.2) is 17.1 Å². The van der Waals surface area contributed by atoms with Crippen molar-refractivity contribution >= 4 is 11.7 Å². The van der Waals surface area contributed by atoms with Crippen molar-refractivity contribution in [3.05, 3.63) is 22.7 Å². The number of aliphatic hydroxyl groups is 3. The molecule has 9 heteroatoms. The van der Waals surface area contributed by atoms with Crippen molar-refractivity contribution < 1.29 is 24.9 Å². The number of rotatable bonds is 11. The van der Waals surface area contributed by atoms with Crippen LogP contribution in [0.1, 0.15) is 64.5 Å². The summed E-state index contributed by atoms with van der Waals surface area (Å²) in [6.45, 7) is 1.69. The number of amides is 1. The van der Waals surface area contributed by atoms with Gasteiger partial charge in [0.1, 0.15) is 24.1 Å². The molecular formula is C19H31N3O6. The summed E-state index contributed by atoms with van der Waals surface area (Å²) in [7, 11) is 0. The largest absolute Gasteiger partial charge is 0.394 e. The Morgan fingerprint density at radius 2 is 1.86 bits per heavy atom.